The van der Waals surface area contributed by atoms with Crippen LogP contribution >= 0.6 is 0 Å². The Morgan fingerprint density at radius 3 is 2.27 bits per heavy atom. The summed E-state index contributed by atoms with van der Waals surface area (Å²) in [6, 6.07) is 10.8. The largest absolute Gasteiger partial charge is 0.418 e. The van der Waals surface area contributed by atoms with Gasteiger partial charge in [0.1, 0.15) is 6.54 Å². The number of para-hydroxylation sites is 1. The Morgan fingerprint density at radius 2 is 1.67 bits per heavy atom. The Kier molecular flexibility index (Phi) is 6.85. The van der Waals surface area contributed by atoms with Gasteiger partial charge in [-0.05, 0) is 39.0 Å². The number of fused-ring (bicyclic) bond motifs is 1. The normalized spacial score (nSPS) is 11.6. The maximum Gasteiger partial charge on any atom is 0.418 e. The molecule has 0 unspecified atom stereocenters. The maximum atomic E-state index is 13.3. The van der Waals surface area contributed by atoms with Crippen molar-refractivity contribution < 1.29 is 22.8 Å². The summed E-state index contributed by atoms with van der Waals surface area (Å²) >= 11 is 0. The molecule has 0 atom stereocenters. The van der Waals surface area contributed by atoms with Gasteiger partial charge in [-0.15, -0.1) is 0 Å². The Balaban J connectivity index is 1.92. The van der Waals surface area contributed by atoms with E-state index in [1.54, 1.807) is 45.0 Å². The SMILES string of the molecule is CCN(CC(=O)Nc1ccccc1C(F)(F)F)C(=O)c1nn(C(C)C)c(=O)c2ccccc12. The predicted octanol–water partition coefficient (Wildman–Crippen LogP) is 4.10. The first kappa shape index (κ1) is 24.0. The summed E-state index contributed by atoms with van der Waals surface area (Å²) in [5, 5.41) is 7.12. The Morgan fingerprint density at radius 1 is 1.06 bits per heavy atom. The molecule has 7 nitrogen and oxygen atoms in total. The van der Waals surface area contributed by atoms with Crippen molar-refractivity contribution in [2.45, 2.75) is 33.0 Å². The van der Waals surface area contributed by atoms with Crippen molar-refractivity contribution in [1.29, 1.82) is 0 Å². The molecule has 1 heterocycles. The molecule has 3 rings (SSSR count). The summed E-state index contributed by atoms with van der Waals surface area (Å²) in [4.78, 5) is 39.7. The van der Waals surface area contributed by atoms with Crippen LogP contribution in [0.3, 0.4) is 0 Å². The molecule has 0 fully saturated rings. The van der Waals surface area contributed by atoms with E-state index in [1.807, 2.05) is 0 Å². The van der Waals surface area contributed by atoms with E-state index >= 15 is 0 Å². The van der Waals surface area contributed by atoms with Crippen LogP contribution in [0.4, 0.5) is 18.9 Å². The highest BCUT2D eigenvalue weighted by Crippen LogP contribution is 2.34. The van der Waals surface area contributed by atoms with Gasteiger partial charge in [0, 0.05) is 11.9 Å². The zero-order chi connectivity index (χ0) is 24.3. The number of anilines is 1. The molecule has 3 aromatic rings. The van der Waals surface area contributed by atoms with Crippen LogP contribution in [-0.2, 0) is 11.0 Å². The van der Waals surface area contributed by atoms with Gasteiger partial charge in [-0.3, -0.25) is 14.4 Å². The summed E-state index contributed by atoms with van der Waals surface area (Å²) in [5.74, 6) is -1.40. The number of amides is 2. The van der Waals surface area contributed by atoms with Gasteiger partial charge in [-0.1, -0.05) is 30.3 Å². The first-order valence-electron chi connectivity index (χ1n) is 10.3. The second-order valence-electron chi connectivity index (χ2n) is 7.65. The van der Waals surface area contributed by atoms with Crippen LogP contribution in [0.5, 0.6) is 0 Å². The number of alkyl halides is 3. The van der Waals surface area contributed by atoms with Crippen LogP contribution in [0, 0.1) is 0 Å². The summed E-state index contributed by atoms with van der Waals surface area (Å²) in [5.41, 5.74) is -1.73. The standard InChI is InChI=1S/C23H23F3N4O3/c1-4-29(13-19(31)27-18-12-8-7-11-17(18)23(24,25)26)22(33)20-15-9-5-6-10-16(15)21(32)30(28-20)14(2)3/h5-12,14H,4,13H2,1-3H3,(H,27,31). The fourth-order valence-corrected chi connectivity index (χ4v) is 3.39. The third-order valence-electron chi connectivity index (χ3n) is 5.03. The quantitative estimate of drug-likeness (QED) is 0.600. The lowest BCUT2D eigenvalue weighted by molar-refractivity contribution is -0.137. The summed E-state index contributed by atoms with van der Waals surface area (Å²) in [7, 11) is 0. The molecule has 0 aliphatic carbocycles. The van der Waals surface area contributed by atoms with Gasteiger partial charge in [0.2, 0.25) is 5.91 Å². The second kappa shape index (κ2) is 9.43. The molecule has 0 aliphatic rings. The van der Waals surface area contributed by atoms with Crippen molar-refractivity contribution in [3.63, 3.8) is 0 Å². The lowest BCUT2D eigenvalue weighted by Crippen LogP contribution is -2.39. The number of aromatic nitrogens is 2. The zero-order valence-electron chi connectivity index (χ0n) is 18.3. The minimum absolute atomic E-state index is 0.00996. The van der Waals surface area contributed by atoms with Crippen LogP contribution in [0.1, 0.15) is 42.9 Å². The molecule has 10 heteroatoms. The average Bonchev–Trinajstić information content (AvgIpc) is 2.77. The number of rotatable bonds is 6. The molecule has 1 N–H and O–H groups in total. The van der Waals surface area contributed by atoms with Crippen LogP contribution in [0.25, 0.3) is 10.8 Å². The van der Waals surface area contributed by atoms with Crippen LogP contribution < -0.4 is 10.9 Å². The van der Waals surface area contributed by atoms with Crippen molar-refractivity contribution in [2.24, 2.45) is 0 Å². The van der Waals surface area contributed by atoms with Gasteiger partial charge in [0.15, 0.2) is 5.69 Å². The highest BCUT2D eigenvalue weighted by atomic mass is 19.4. The van der Waals surface area contributed by atoms with E-state index in [-0.39, 0.29) is 23.8 Å². The number of halogens is 3. The van der Waals surface area contributed by atoms with Gasteiger partial charge in [0.25, 0.3) is 11.5 Å². The molecule has 174 valence electrons. The number of carbonyl (C=O) groups excluding carboxylic acids is 2. The highest BCUT2D eigenvalue weighted by molar-refractivity contribution is 6.06. The first-order chi connectivity index (χ1) is 15.5. The fourth-order valence-electron chi connectivity index (χ4n) is 3.39. The average molecular weight is 460 g/mol. The molecule has 0 aliphatic heterocycles. The number of nitrogens with one attached hydrogen (secondary N) is 1. The molecular formula is C23H23F3N4O3. The molecule has 1 aromatic heterocycles. The lowest BCUT2D eigenvalue weighted by atomic mass is 10.1. The van der Waals surface area contributed by atoms with Crippen molar-refractivity contribution in [3.8, 4) is 0 Å². The Bertz CT molecular complexity index is 1250. The van der Waals surface area contributed by atoms with Crippen molar-refractivity contribution in [1.82, 2.24) is 14.7 Å². The molecule has 2 amide bonds. The van der Waals surface area contributed by atoms with E-state index in [2.05, 4.69) is 10.4 Å². The number of benzene rings is 2. The van der Waals surface area contributed by atoms with Crippen LogP contribution in [-0.4, -0.2) is 39.6 Å². The molecule has 2 aromatic carbocycles. The van der Waals surface area contributed by atoms with Gasteiger partial charge >= 0.3 is 6.18 Å². The van der Waals surface area contributed by atoms with E-state index in [9.17, 15) is 27.6 Å². The molecule has 0 radical (unpaired) electrons. The van der Waals surface area contributed by atoms with Gasteiger partial charge in [-0.25, -0.2) is 4.68 Å². The molecule has 0 saturated carbocycles. The van der Waals surface area contributed by atoms with Crippen LogP contribution in [0.2, 0.25) is 0 Å². The third-order valence-corrected chi connectivity index (χ3v) is 5.03. The molecule has 0 bridgehead atoms. The van der Waals surface area contributed by atoms with Crippen molar-refractivity contribution in [2.75, 3.05) is 18.4 Å². The smallest absolute Gasteiger partial charge is 0.328 e. The number of hydrogen-bond donors (Lipinski definition) is 1. The third kappa shape index (κ3) is 5.05. The first-order valence-corrected chi connectivity index (χ1v) is 10.3. The van der Waals surface area contributed by atoms with E-state index in [4.69, 9.17) is 0 Å². The van der Waals surface area contributed by atoms with Gasteiger partial charge < -0.3 is 10.2 Å². The number of hydrogen-bond acceptors (Lipinski definition) is 4. The van der Waals surface area contributed by atoms with E-state index in [0.29, 0.717) is 10.8 Å². The minimum atomic E-state index is -4.64. The topological polar surface area (TPSA) is 84.3 Å². The van der Waals surface area contributed by atoms with E-state index < -0.39 is 35.8 Å². The number of nitrogens with zero attached hydrogens (tertiary/aromatic N) is 3. The summed E-state index contributed by atoms with van der Waals surface area (Å²) < 4.78 is 40.8. The Hall–Kier alpha value is -3.69. The minimum Gasteiger partial charge on any atom is -0.328 e. The van der Waals surface area contributed by atoms with E-state index in [1.165, 1.54) is 16.8 Å². The summed E-state index contributed by atoms with van der Waals surface area (Å²) in [6.07, 6.45) is -4.64. The van der Waals surface area contributed by atoms with Gasteiger partial charge in [-0.2, -0.15) is 18.3 Å². The number of carbonyl (C=O) groups is 2. The molecular weight excluding hydrogens is 437 g/mol. The van der Waals surface area contributed by atoms with Crippen molar-refractivity contribution in [3.05, 3.63) is 70.1 Å². The molecule has 0 saturated heterocycles. The predicted molar refractivity (Wildman–Crippen MR) is 118 cm³/mol. The maximum absolute atomic E-state index is 13.3. The Labute approximate surface area is 187 Å². The fraction of sp³-hybridized carbons (Fsp3) is 0.304. The molecule has 33 heavy (non-hydrogen) atoms. The van der Waals surface area contributed by atoms with Gasteiger partial charge in [0.05, 0.1) is 22.7 Å². The van der Waals surface area contributed by atoms with E-state index in [0.717, 1.165) is 17.0 Å². The number of likely N-dealkylation sites (N-methyl/N-ethyl adjacent to an activating group) is 1. The second-order valence-corrected chi connectivity index (χ2v) is 7.65. The molecule has 0 spiro atoms. The van der Waals surface area contributed by atoms with Crippen molar-refractivity contribution >= 4 is 28.3 Å². The van der Waals surface area contributed by atoms with Crippen LogP contribution in [0.15, 0.2) is 53.3 Å². The highest BCUT2D eigenvalue weighted by Gasteiger charge is 2.34. The lowest BCUT2D eigenvalue weighted by Gasteiger charge is -2.22. The monoisotopic (exact) mass is 460 g/mol. The summed E-state index contributed by atoms with van der Waals surface area (Å²) in [6.45, 7) is 4.75. The zero-order valence-corrected chi connectivity index (χ0v) is 18.3.